The number of hydrazine groups is 1. The zero-order valence-electron chi connectivity index (χ0n) is 13.0. The number of hydrogen-bond donors (Lipinski definition) is 4. The minimum Gasteiger partial charge on any atom is -0.497 e. The first-order valence-corrected chi connectivity index (χ1v) is 7.29. The fourth-order valence-corrected chi connectivity index (χ4v) is 2.30. The Bertz CT molecular complexity index is 687. The number of fused-ring (bicyclic) bond motifs is 1. The lowest BCUT2D eigenvalue weighted by Gasteiger charge is -2.04. The van der Waals surface area contributed by atoms with Crippen LogP contribution < -0.4 is 21.7 Å². The van der Waals surface area contributed by atoms with Gasteiger partial charge in [-0.05, 0) is 36.6 Å². The number of nitrogens with zero attached hydrogens (tertiary/aromatic N) is 1. The third kappa shape index (κ3) is 3.79. The van der Waals surface area contributed by atoms with Gasteiger partial charge in [0.25, 0.3) is 0 Å². The average molecular weight is 301 g/mol. The van der Waals surface area contributed by atoms with Crippen LogP contribution in [-0.2, 0) is 0 Å². The maximum Gasteiger partial charge on any atom is 0.203 e. The molecule has 22 heavy (non-hydrogen) atoms. The number of nitrogens with two attached hydrogens (primary N) is 2. The number of guanidine groups is 1. The number of aliphatic imine (C=N–C) groups is 1. The summed E-state index contributed by atoms with van der Waals surface area (Å²) >= 11 is 0. The van der Waals surface area contributed by atoms with E-state index < -0.39 is 0 Å². The van der Waals surface area contributed by atoms with E-state index in [9.17, 15) is 0 Å². The van der Waals surface area contributed by atoms with E-state index in [-0.39, 0.29) is 5.96 Å². The lowest BCUT2D eigenvalue weighted by Crippen LogP contribution is -2.37. The summed E-state index contributed by atoms with van der Waals surface area (Å²) in [4.78, 5) is 7.42. The maximum absolute atomic E-state index is 5.52. The monoisotopic (exact) mass is 301 g/mol. The Hall–Kier alpha value is -2.47. The molecule has 1 aromatic carbocycles. The van der Waals surface area contributed by atoms with Crippen molar-refractivity contribution in [3.05, 3.63) is 35.5 Å². The lowest BCUT2D eigenvalue weighted by atomic mass is 10.1. The van der Waals surface area contributed by atoms with Crippen molar-refractivity contribution in [3.8, 4) is 5.75 Å². The molecule has 1 aromatic heterocycles. The van der Waals surface area contributed by atoms with Crippen molar-refractivity contribution in [2.24, 2.45) is 16.6 Å². The summed E-state index contributed by atoms with van der Waals surface area (Å²) < 4.78 is 5.30. The van der Waals surface area contributed by atoms with E-state index in [2.05, 4.69) is 28.4 Å². The molecule has 0 aliphatic rings. The Morgan fingerprint density at radius 3 is 2.95 bits per heavy atom. The van der Waals surface area contributed by atoms with E-state index in [1.807, 2.05) is 24.4 Å². The highest BCUT2D eigenvalue weighted by molar-refractivity contribution is 5.90. The smallest absolute Gasteiger partial charge is 0.203 e. The highest BCUT2D eigenvalue weighted by Gasteiger charge is 2.04. The standard InChI is InChI=1S/C16H23N5O/c1-3-11(6-7-19-16(17)21-18)8-12-10-20-15-5-4-13(22-2)9-14(12)15/h4-5,8-10,20H,3,6-7,18H2,1-2H3,(H3,17,19,21). The topological polar surface area (TPSA) is 101 Å². The van der Waals surface area contributed by atoms with Crippen LogP contribution in [0.25, 0.3) is 17.0 Å². The van der Waals surface area contributed by atoms with Gasteiger partial charge in [-0.3, -0.25) is 10.4 Å². The summed E-state index contributed by atoms with van der Waals surface area (Å²) in [5.41, 5.74) is 11.4. The van der Waals surface area contributed by atoms with Gasteiger partial charge in [0, 0.05) is 23.6 Å². The average Bonchev–Trinajstić information content (AvgIpc) is 2.95. The number of hydrogen-bond acceptors (Lipinski definition) is 3. The summed E-state index contributed by atoms with van der Waals surface area (Å²) in [6.07, 6.45) is 6.01. The summed E-state index contributed by atoms with van der Waals surface area (Å²) in [5, 5.41) is 1.15. The first-order chi connectivity index (χ1) is 10.7. The third-order valence-corrected chi connectivity index (χ3v) is 3.60. The van der Waals surface area contributed by atoms with Gasteiger partial charge in [-0.25, -0.2) is 5.84 Å². The van der Waals surface area contributed by atoms with Gasteiger partial charge < -0.3 is 15.5 Å². The first kappa shape index (κ1) is 15.9. The van der Waals surface area contributed by atoms with E-state index in [0.717, 1.165) is 35.1 Å². The van der Waals surface area contributed by atoms with Gasteiger partial charge in [0.15, 0.2) is 0 Å². The molecule has 0 unspecified atom stereocenters. The van der Waals surface area contributed by atoms with Gasteiger partial charge in [0.2, 0.25) is 5.96 Å². The van der Waals surface area contributed by atoms with E-state index in [1.54, 1.807) is 7.11 Å². The lowest BCUT2D eigenvalue weighted by molar-refractivity contribution is 0.415. The Morgan fingerprint density at radius 1 is 1.45 bits per heavy atom. The zero-order chi connectivity index (χ0) is 15.9. The van der Waals surface area contributed by atoms with E-state index in [4.69, 9.17) is 16.3 Å². The minimum atomic E-state index is 0.257. The number of aromatic nitrogens is 1. The van der Waals surface area contributed by atoms with Gasteiger partial charge >= 0.3 is 0 Å². The van der Waals surface area contributed by atoms with Crippen LogP contribution in [0, 0.1) is 0 Å². The Kier molecular flexibility index (Phi) is 5.43. The largest absolute Gasteiger partial charge is 0.497 e. The fraction of sp³-hybridized carbons (Fsp3) is 0.312. The molecule has 6 heteroatoms. The number of rotatable bonds is 6. The highest BCUT2D eigenvalue weighted by atomic mass is 16.5. The molecule has 0 saturated carbocycles. The van der Waals surface area contributed by atoms with Crippen LogP contribution in [0.2, 0.25) is 0 Å². The van der Waals surface area contributed by atoms with Crippen LogP contribution in [0.3, 0.4) is 0 Å². The van der Waals surface area contributed by atoms with E-state index in [1.165, 1.54) is 5.57 Å². The van der Waals surface area contributed by atoms with Crippen LogP contribution in [0.1, 0.15) is 25.3 Å². The van der Waals surface area contributed by atoms with Crippen molar-refractivity contribution in [2.45, 2.75) is 19.8 Å². The second kappa shape index (κ2) is 7.51. The fourth-order valence-electron chi connectivity index (χ4n) is 2.30. The van der Waals surface area contributed by atoms with Crippen molar-refractivity contribution in [1.82, 2.24) is 10.4 Å². The van der Waals surface area contributed by atoms with Gasteiger partial charge in [0.1, 0.15) is 5.75 Å². The maximum atomic E-state index is 5.52. The third-order valence-electron chi connectivity index (χ3n) is 3.60. The Labute approximate surface area is 130 Å². The molecule has 0 aliphatic heterocycles. The highest BCUT2D eigenvalue weighted by Crippen LogP contribution is 2.26. The molecule has 0 aliphatic carbocycles. The number of methoxy groups -OCH3 is 1. The second-order valence-corrected chi connectivity index (χ2v) is 4.97. The predicted octanol–water partition coefficient (Wildman–Crippen LogP) is 2.14. The molecule has 0 saturated heterocycles. The molecule has 2 aromatic rings. The van der Waals surface area contributed by atoms with Crippen molar-refractivity contribution < 1.29 is 4.74 Å². The van der Waals surface area contributed by atoms with Crippen LogP contribution in [0.15, 0.2) is 35.0 Å². The van der Waals surface area contributed by atoms with Crippen LogP contribution >= 0.6 is 0 Å². The molecule has 6 N–H and O–H groups in total. The number of ether oxygens (including phenoxy) is 1. The van der Waals surface area contributed by atoms with E-state index in [0.29, 0.717) is 6.54 Å². The number of aromatic amines is 1. The van der Waals surface area contributed by atoms with Crippen LogP contribution in [0.5, 0.6) is 5.75 Å². The summed E-state index contributed by atoms with van der Waals surface area (Å²) in [5.74, 6) is 6.29. The van der Waals surface area contributed by atoms with Crippen molar-refractivity contribution in [1.29, 1.82) is 0 Å². The molecule has 118 valence electrons. The molecule has 0 radical (unpaired) electrons. The summed E-state index contributed by atoms with van der Waals surface area (Å²) in [7, 11) is 1.68. The molecule has 0 spiro atoms. The second-order valence-electron chi connectivity index (χ2n) is 4.97. The van der Waals surface area contributed by atoms with Crippen LogP contribution in [0.4, 0.5) is 0 Å². The summed E-state index contributed by atoms with van der Waals surface area (Å²) in [6, 6.07) is 6.01. The van der Waals surface area contributed by atoms with Gasteiger partial charge in [-0.2, -0.15) is 0 Å². The molecule has 0 fully saturated rings. The Morgan fingerprint density at radius 2 is 2.27 bits per heavy atom. The molecule has 1 heterocycles. The van der Waals surface area contributed by atoms with E-state index >= 15 is 0 Å². The minimum absolute atomic E-state index is 0.257. The van der Waals surface area contributed by atoms with Crippen LogP contribution in [-0.4, -0.2) is 24.6 Å². The molecule has 2 rings (SSSR count). The van der Waals surface area contributed by atoms with Crippen molar-refractivity contribution in [3.63, 3.8) is 0 Å². The predicted molar refractivity (Wildman–Crippen MR) is 91.5 cm³/mol. The molecule has 0 atom stereocenters. The summed E-state index contributed by atoms with van der Waals surface area (Å²) in [6.45, 7) is 2.75. The van der Waals surface area contributed by atoms with Crippen molar-refractivity contribution in [2.75, 3.05) is 13.7 Å². The SMILES string of the molecule is CCC(=Cc1c[nH]c2ccc(OC)cc12)CCN=C(N)NN. The van der Waals surface area contributed by atoms with Gasteiger partial charge in [-0.1, -0.05) is 18.6 Å². The normalized spacial score (nSPS) is 12.7. The van der Waals surface area contributed by atoms with Gasteiger partial charge in [0.05, 0.1) is 7.11 Å². The number of nitrogens with one attached hydrogen (secondary N) is 2. The number of benzene rings is 1. The molecule has 0 bridgehead atoms. The zero-order valence-corrected chi connectivity index (χ0v) is 13.0. The van der Waals surface area contributed by atoms with Crippen molar-refractivity contribution >= 4 is 22.9 Å². The molecular weight excluding hydrogens is 278 g/mol. The quantitative estimate of drug-likeness (QED) is 0.284. The van der Waals surface area contributed by atoms with Gasteiger partial charge in [-0.15, -0.1) is 0 Å². The molecule has 6 nitrogen and oxygen atoms in total. The first-order valence-electron chi connectivity index (χ1n) is 7.29. The number of H-pyrrole nitrogens is 1. The molecular formula is C16H23N5O. The molecule has 0 amide bonds. The Balaban J connectivity index is 2.21.